The second-order valence-electron chi connectivity index (χ2n) is 8.92. The summed E-state index contributed by atoms with van der Waals surface area (Å²) in [6, 6.07) is 0. The molecule has 166 valence electrons. The minimum atomic E-state index is -0.480. The number of rotatable bonds is 6. The molecule has 0 bridgehead atoms. The Kier molecular flexibility index (Phi) is 8.55. The van der Waals surface area contributed by atoms with E-state index in [9.17, 15) is 9.59 Å². The molecular weight excluding hydrogens is 372 g/mol. The second-order valence-corrected chi connectivity index (χ2v) is 8.92. The van der Waals surface area contributed by atoms with Crippen molar-refractivity contribution in [1.29, 1.82) is 0 Å². The van der Waals surface area contributed by atoms with E-state index >= 15 is 0 Å². The predicted molar refractivity (Wildman–Crippen MR) is 113 cm³/mol. The number of guanidine groups is 1. The van der Waals surface area contributed by atoms with Crippen molar-refractivity contribution in [3.63, 3.8) is 0 Å². The molecule has 29 heavy (non-hydrogen) atoms. The van der Waals surface area contributed by atoms with Crippen molar-refractivity contribution in [3.05, 3.63) is 0 Å². The average molecular weight is 411 g/mol. The van der Waals surface area contributed by atoms with Gasteiger partial charge in [-0.05, 0) is 66.1 Å². The quantitative estimate of drug-likeness (QED) is 0.380. The van der Waals surface area contributed by atoms with Crippen LogP contribution in [0.2, 0.25) is 0 Å². The first kappa shape index (κ1) is 23.3. The van der Waals surface area contributed by atoms with E-state index in [0.29, 0.717) is 38.7 Å². The fraction of sp³-hybridized carbons (Fsp3) is 0.850. The maximum atomic E-state index is 12.1. The van der Waals surface area contributed by atoms with Crippen molar-refractivity contribution in [2.24, 2.45) is 22.4 Å². The van der Waals surface area contributed by atoms with Crippen LogP contribution >= 0.6 is 0 Å². The van der Waals surface area contributed by atoms with E-state index in [2.05, 4.69) is 9.89 Å². The number of hydrogen-bond donors (Lipinski definition) is 2. The monoisotopic (exact) mass is 410 g/mol. The van der Waals surface area contributed by atoms with Crippen LogP contribution in [-0.4, -0.2) is 90.6 Å². The van der Waals surface area contributed by atoms with E-state index < -0.39 is 5.60 Å². The summed E-state index contributed by atoms with van der Waals surface area (Å²) in [5.74, 6) is 0.434. The molecule has 0 saturated carbocycles. The van der Waals surface area contributed by atoms with Crippen molar-refractivity contribution in [3.8, 4) is 0 Å². The van der Waals surface area contributed by atoms with Crippen LogP contribution in [0.3, 0.4) is 0 Å². The molecular formula is C20H38N6O3. The first-order valence-electron chi connectivity index (χ1n) is 10.7. The van der Waals surface area contributed by atoms with Gasteiger partial charge in [0.05, 0.1) is 0 Å². The van der Waals surface area contributed by atoms with Gasteiger partial charge in [-0.2, -0.15) is 0 Å². The first-order valence-corrected chi connectivity index (χ1v) is 10.7. The molecule has 4 N–H and O–H groups in total. The summed E-state index contributed by atoms with van der Waals surface area (Å²) in [5.41, 5.74) is 11.0. The molecule has 0 radical (unpaired) electrons. The zero-order valence-corrected chi connectivity index (χ0v) is 18.2. The lowest BCUT2D eigenvalue weighted by Crippen LogP contribution is -2.53. The Morgan fingerprint density at radius 3 is 2.10 bits per heavy atom. The number of amides is 2. The lowest BCUT2D eigenvalue weighted by Gasteiger charge is -2.36. The maximum Gasteiger partial charge on any atom is 0.410 e. The van der Waals surface area contributed by atoms with Crippen molar-refractivity contribution in [1.82, 2.24) is 14.7 Å². The third kappa shape index (κ3) is 8.08. The second kappa shape index (κ2) is 10.7. The predicted octanol–water partition coefficient (Wildman–Crippen LogP) is 0.831. The molecule has 2 fully saturated rings. The number of carbonyl (C=O) groups is 2. The molecule has 9 heteroatoms. The van der Waals surface area contributed by atoms with Crippen LogP contribution in [0, 0.1) is 5.92 Å². The van der Waals surface area contributed by atoms with Gasteiger partial charge in [0, 0.05) is 38.6 Å². The van der Waals surface area contributed by atoms with E-state index in [1.165, 1.54) is 0 Å². The lowest BCUT2D eigenvalue weighted by atomic mass is 9.96. The number of nitrogens with zero attached hydrogens (tertiary/aromatic N) is 4. The summed E-state index contributed by atoms with van der Waals surface area (Å²) in [7, 11) is 0. The van der Waals surface area contributed by atoms with E-state index in [0.717, 1.165) is 45.3 Å². The molecule has 2 amide bonds. The fourth-order valence-electron chi connectivity index (χ4n) is 3.63. The van der Waals surface area contributed by atoms with Crippen LogP contribution in [0.15, 0.2) is 4.99 Å². The SMILES string of the molecule is CC(C)(C)OC(=O)N1CCN(C(N)=NCCCCN2CCC(C(N)=O)CC2)CC1. The number of piperidine rings is 1. The molecule has 0 aromatic carbocycles. The van der Waals surface area contributed by atoms with Crippen molar-refractivity contribution in [2.75, 3.05) is 52.4 Å². The van der Waals surface area contributed by atoms with E-state index in [-0.39, 0.29) is 17.9 Å². The van der Waals surface area contributed by atoms with Crippen LogP contribution in [0.1, 0.15) is 46.5 Å². The summed E-state index contributed by atoms with van der Waals surface area (Å²) in [5, 5.41) is 0. The molecule has 2 aliphatic heterocycles. The van der Waals surface area contributed by atoms with Crippen LogP contribution in [0.4, 0.5) is 4.79 Å². The summed E-state index contributed by atoms with van der Waals surface area (Å²) in [4.78, 5) is 34.0. The fourth-order valence-corrected chi connectivity index (χ4v) is 3.63. The van der Waals surface area contributed by atoms with Gasteiger partial charge >= 0.3 is 6.09 Å². The zero-order valence-electron chi connectivity index (χ0n) is 18.2. The molecule has 0 aromatic rings. The van der Waals surface area contributed by atoms with Gasteiger partial charge in [0.25, 0.3) is 0 Å². The molecule has 2 saturated heterocycles. The normalized spacial score (nSPS) is 20.0. The Bertz CT molecular complexity index is 573. The highest BCUT2D eigenvalue weighted by Gasteiger charge is 2.26. The number of nitrogens with two attached hydrogens (primary N) is 2. The van der Waals surface area contributed by atoms with Gasteiger partial charge in [0.1, 0.15) is 5.60 Å². The number of likely N-dealkylation sites (tertiary alicyclic amines) is 1. The largest absolute Gasteiger partial charge is 0.444 e. The van der Waals surface area contributed by atoms with E-state index in [1.807, 2.05) is 25.7 Å². The highest BCUT2D eigenvalue weighted by atomic mass is 16.6. The Morgan fingerprint density at radius 2 is 1.55 bits per heavy atom. The van der Waals surface area contributed by atoms with E-state index in [4.69, 9.17) is 16.2 Å². The third-order valence-electron chi connectivity index (χ3n) is 5.40. The number of aliphatic imine (C=N–C) groups is 1. The smallest absolute Gasteiger partial charge is 0.410 e. The van der Waals surface area contributed by atoms with Gasteiger partial charge in [-0.15, -0.1) is 0 Å². The van der Waals surface area contributed by atoms with Gasteiger partial charge in [-0.1, -0.05) is 0 Å². The Balaban J connectivity index is 1.60. The van der Waals surface area contributed by atoms with Gasteiger partial charge < -0.3 is 30.9 Å². The average Bonchev–Trinajstić information content (AvgIpc) is 2.66. The lowest BCUT2D eigenvalue weighted by molar-refractivity contribution is -0.123. The molecule has 0 atom stereocenters. The number of primary amides is 1. The number of piperazine rings is 1. The molecule has 2 rings (SSSR count). The van der Waals surface area contributed by atoms with Gasteiger partial charge in [-0.3, -0.25) is 9.79 Å². The van der Waals surface area contributed by atoms with Crippen molar-refractivity contribution < 1.29 is 14.3 Å². The third-order valence-corrected chi connectivity index (χ3v) is 5.40. The maximum absolute atomic E-state index is 12.1. The highest BCUT2D eigenvalue weighted by molar-refractivity contribution is 5.78. The topological polar surface area (TPSA) is 117 Å². The summed E-state index contributed by atoms with van der Waals surface area (Å²) in [6.07, 6.45) is 3.51. The zero-order chi connectivity index (χ0) is 21.4. The Labute approximate surface area is 174 Å². The molecule has 2 aliphatic rings. The number of hydrogen-bond acceptors (Lipinski definition) is 5. The number of unbranched alkanes of at least 4 members (excludes halogenated alkanes) is 1. The highest BCUT2D eigenvalue weighted by Crippen LogP contribution is 2.17. The van der Waals surface area contributed by atoms with Crippen LogP contribution in [0.5, 0.6) is 0 Å². The number of ether oxygens (including phenoxy) is 1. The Hall–Kier alpha value is -2.03. The molecule has 0 spiro atoms. The Morgan fingerprint density at radius 1 is 0.966 bits per heavy atom. The van der Waals surface area contributed by atoms with Crippen LogP contribution in [-0.2, 0) is 9.53 Å². The van der Waals surface area contributed by atoms with Gasteiger partial charge in [-0.25, -0.2) is 4.79 Å². The minimum absolute atomic E-state index is 0.0476. The summed E-state index contributed by atoms with van der Waals surface area (Å²) in [6.45, 7) is 11.7. The van der Waals surface area contributed by atoms with Crippen LogP contribution < -0.4 is 11.5 Å². The van der Waals surface area contributed by atoms with Gasteiger partial charge in [0.15, 0.2) is 5.96 Å². The molecule has 2 heterocycles. The first-order chi connectivity index (χ1) is 13.7. The van der Waals surface area contributed by atoms with Gasteiger partial charge in [0.2, 0.25) is 5.91 Å². The summed E-state index contributed by atoms with van der Waals surface area (Å²) >= 11 is 0. The van der Waals surface area contributed by atoms with Crippen molar-refractivity contribution >= 4 is 18.0 Å². The number of carbonyl (C=O) groups excluding carboxylic acids is 2. The standard InChI is InChI=1S/C20H38N6O3/c1-20(2,3)29-19(28)26-14-12-25(13-15-26)18(22)23-8-4-5-9-24-10-6-16(7-11-24)17(21)27/h16H,4-15H2,1-3H3,(H2,21,27)(H2,22,23). The van der Waals surface area contributed by atoms with E-state index in [1.54, 1.807) is 4.90 Å². The summed E-state index contributed by atoms with van der Waals surface area (Å²) < 4.78 is 5.41. The van der Waals surface area contributed by atoms with Crippen LogP contribution in [0.25, 0.3) is 0 Å². The molecule has 0 aromatic heterocycles. The van der Waals surface area contributed by atoms with Crippen molar-refractivity contribution in [2.45, 2.75) is 52.1 Å². The minimum Gasteiger partial charge on any atom is -0.444 e. The molecule has 0 aliphatic carbocycles. The molecule has 0 unspecified atom stereocenters. The molecule has 9 nitrogen and oxygen atoms in total.